The van der Waals surface area contributed by atoms with Gasteiger partial charge in [-0.05, 0) is 32.0 Å². The Hall–Kier alpha value is -1.21. The van der Waals surface area contributed by atoms with E-state index in [1.165, 1.54) is 25.1 Å². The predicted octanol–water partition coefficient (Wildman–Crippen LogP) is 3.50. The van der Waals surface area contributed by atoms with Crippen molar-refractivity contribution in [3.63, 3.8) is 0 Å². The number of hydrogen-bond acceptors (Lipinski definition) is 4. The number of furan rings is 1. The molecule has 0 spiro atoms. The van der Waals surface area contributed by atoms with Gasteiger partial charge in [0.15, 0.2) is 0 Å². The normalized spacial score (nSPS) is 11.7. The Morgan fingerprint density at radius 1 is 1.19 bits per heavy atom. The lowest BCUT2D eigenvalue weighted by Gasteiger charge is -2.09. The molecular weight excluding hydrogens is 337 g/mol. The fraction of sp³-hybridized carbons (Fsp3) is 0.231. The number of aliphatic hydroxyl groups is 1. The number of aliphatic hydroxyl groups excluding tert-OH is 1. The van der Waals surface area contributed by atoms with Crippen LogP contribution in [0.15, 0.2) is 27.5 Å². The highest BCUT2D eigenvalue weighted by molar-refractivity contribution is 7.92. The second-order valence-corrected chi connectivity index (χ2v) is 6.85. The molecule has 2 aromatic rings. The van der Waals surface area contributed by atoms with E-state index in [-0.39, 0.29) is 26.9 Å². The first kappa shape index (κ1) is 16.2. The van der Waals surface area contributed by atoms with E-state index in [0.717, 1.165) is 0 Å². The first-order chi connectivity index (χ1) is 9.76. The molecule has 2 N–H and O–H groups in total. The molecule has 0 fully saturated rings. The van der Waals surface area contributed by atoms with Gasteiger partial charge in [0.05, 0.1) is 22.3 Å². The third kappa shape index (κ3) is 3.18. The molecule has 5 nitrogen and oxygen atoms in total. The van der Waals surface area contributed by atoms with Crippen molar-refractivity contribution in [2.75, 3.05) is 4.72 Å². The zero-order valence-electron chi connectivity index (χ0n) is 11.3. The molecule has 1 heterocycles. The summed E-state index contributed by atoms with van der Waals surface area (Å²) in [5.74, 6) is 0.577. The highest BCUT2D eigenvalue weighted by Crippen LogP contribution is 2.30. The Bertz CT molecular complexity index is 784. The quantitative estimate of drug-likeness (QED) is 0.885. The van der Waals surface area contributed by atoms with Gasteiger partial charge in [-0.25, -0.2) is 8.42 Å². The van der Waals surface area contributed by atoms with Crippen LogP contribution in [0.2, 0.25) is 10.0 Å². The van der Waals surface area contributed by atoms with Gasteiger partial charge >= 0.3 is 0 Å². The van der Waals surface area contributed by atoms with Gasteiger partial charge in [-0.3, -0.25) is 4.72 Å². The minimum Gasteiger partial charge on any atom is -0.465 e. The van der Waals surface area contributed by atoms with Crippen LogP contribution < -0.4 is 4.72 Å². The first-order valence-corrected chi connectivity index (χ1v) is 8.17. The maximum absolute atomic E-state index is 12.5. The fourth-order valence-corrected chi connectivity index (χ4v) is 3.80. The smallest absolute Gasteiger partial charge is 0.265 e. The standard InChI is InChI=1S/C13H13Cl2NO4S/c1-7-10(6-17)13(8(2)20-7)21(18,19)16-9-3-4-11(14)12(15)5-9/h3-5,16-17H,6H2,1-2H3. The van der Waals surface area contributed by atoms with E-state index >= 15 is 0 Å². The minimum atomic E-state index is -3.90. The molecule has 114 valence electrons. The monoisotopic (exact) mass is 349 g/mol. The first-order valence-electron chi connectivity index (χ1n) is 5.94. The van der Waals surface area contributed by atoms with Gasteiger partial charge in [-0.2, -0.15) is 0 Å². The molecule has 0 saturated carbocycles. The Kier molecular flexibility index (Phi) is 4.53. The molecule has 0 bridgehead atoms. The van der Waals surface area contributed by atoms with Gasteiger partial charge in [0.2, 0.25) is 0 Å². The van der Waals surface area contributed by atoms with Gasteiger partial charge in [-0.1, -0.05) is 23.2 Å². The fourth-order valence-electron chi connectivity index (χ4n) is 2.01. The predicted molar refractivity (Wildman–Crippen MR) is 81.4 cm³/mol. The number of rotatable bonds is 4. The summed E-state index contributed by atoms with van der Waals surface area (Å²) in [6, 6.07) is 4.39. The van der Waals surface area contributed by atoms with Crippen LogP contribution in [0.25, 0.3) is 0 Å². The minimum absolute atomic E-state index is 0.0615. The Labute approximate surface area is 132 Å². The Morgan fingerprint density at radius 3 is 2.43 bits per heavy atom. The number of anilines is 1. The molecule has 1 aromatic carbocycles. The van der Waals surface area contributed by atoms with E-state index < -0.39 is 16.6 Å². The van der Waals surface area contributed by atoms with Crippen LogP contribution in [0.5, 0.6) is 0 Å². The second-order valence-electron chi connectivity index (χ2n) is 4.41. The lowest BCUT2D eigenvalue weighted by molar-refractivity contribution is 0.276. The number of benzene rings is 1. The molecule has 0 unspecified atom stereocenters. The topological polar surface area (TPSA) is 79.5 Å². The SMILES string of the molecule is Cc1oc(C)c(S(=O)(=O)Nc2ccc(Cl)c(Cl)c2)c1CO. The van der Waals surface area contributed by atoms with Gasteiger partial charge in [0.25, 0.3) is 10.0 Å². The molecule has 0 radical (unpaired) electrons. The van der Waals surface area contributed by atoms with Crippen LogP contribution in [0, 0.1) is 13.8 Å². The van der Waals surface area contributed by atoms with E-state index in [1.807, 2.05) is 0 Å². The maximum Gasteiger partial charge on any atom is 0.265 e. The summed E-state index contributed by atoms with van der Waals surface area (Å²) < 4.78 is 32.6. The van der Waals surface area contributed by atoms with Crippen molar-refractivity contribution in [3.8, 4) is 0 Å². The lowest BCUT2D eigenvalue weighted by atomic mass is 10.2. The van der Waals surface area contributed by atoms with E-state index in [0.29, 0.717) is 10.8 Å². The maximum atomic E-state index is 12.5. The van der Waals surface area contributed by atoms with Crippen LogP contribution in [-0.4, -0.2) is 13.5 Å². The van der Waals surface area contributed by atoms with Crippen molar-refractivity contribution in [1.29, 1.82) is 0 Å². The van der Waals surface area contributed by atoms with Crippen LogP contribution in [0.4, 0.5) is 5.69 Å². The largest absolute Gasteiger partial charge is 0.465 e. The Morgan fingerprint density at radius 2 is 1.86 bits per heavy atom. The molecule has 1 aromatic heterocycles. The molecule has 0 aliphatic rings. The zero-order valence-corrected chi connectivity index (χ0v) is 13.6. The number of sulfonamides is 1. The van der Waals surface area contributed by atoms with Gasteiger partial charge in [0.1, 0.15) is 16.4 Å². The van der Waals surface area contributed by atoms with E-state index in [9.17, 15) is 13.5 Å². The number of nitrogens with one attached hydrogen (secondary N) is 1. The highest BCUT2D eigenvalue weighted by atomic mass is 35.5. The third-order valence-electron chi connectivity index (χ3n) is 2.92. The van der Waals surface area contributed by atoms with E-state index in [1.54, 1.807) is 6.92 Å². The summed E-state index contributed by atoms with van der Waals surface area (Å²) in [4.78, 5) is -0.0615. The van der Waals surface area contributed by atoms with Crippen molar-refractivity contribution in [2.45, 2.75) is 25.3 Å². The third-order valence-corrected chi connectivity index (χ3v) is 5.24. The Balaban J connectivity index is 2.45. The van der Waals surface area contributed by atoms with Crippen molar-refractivity contribution in [3.05, 3.63) is 45.3 Å². The van der Waals surface area contributed by atoms with Crippen molar-refractivity contribution in [1.82, 2.24) is 0 Å². The molecule has 0 atom stereocenters. The molecule has 0 aliphatic heterocycles. The molecule has 0 amide bonds. The van der Waals surface area contributed by atoms with E-state index in [4.69, 9.17) is 27.6 Å². The lowest BCUT2D eigenvalue weighted by Crippen LogP contribution is -2.15. The molecule has 2 rings (SSSR count). The molecule has 21 heavy (non-hydrogen) atoms. The number of aryl methyl sites for hydroxylation is 2. The van der Waals surface area contributed by atoms with Gasteiger partial charge in [-0.15, -0.1) is 0 Å². The van der Waals surface area contributed by atoms with E-state index in [2.05, 4.69) is 4.72 Å². The second kappa shape index (κ2) is 5.88. The summed E-state index contributed by atoms with van der Waals surface area (Å²) in [5, 5.41) is 9.89. The van der Waals surface area contributed by atoms with Crippen LogP contribution in [0.3, 0.4) is 0 Å². The average Bonchev–Trinajstić information content (AvgIpc) is 2.68. The molecule has 8 heteroatoms. The number of hydrogen-bond donors (Lipinski definition) is 2. The molecule has 0 aliphatic carbocycles. The van der Waals surface area contributed by atoms with Crippen molar-refractivity contribution < 1.29 is 17.9 Å². The van der Waals surface area contributed by atoms with Crippen molar-refractivity contribution >= 4 is 38.9 Å². The summed E-state index contributed by atoms with van der Waals surface area (Å²) in [6.07, 6.45) is 0. The van der Waals surface area contributed by atoms with Crippen molar-refractivity contribution in [2.24, 2.45) is 0 Å². The summed E-state index contributed by atoms with van der Waals surface area (Å²) >= 11 is 11.6. The average molecular weight is 350 g/mol. The molecular formula is C13H13Cl2NO4S. The summed E-state index contributed by atoms with van der Waals surface area (Å²) in [5.41, 5.74) is 0.506. The van der Waals surface area contributed by atoms with Crippen LogP contribution >= 0.6 is 23.2 Å². The summed E-state index contributed by atoms with van der Waals surface area (Å²) in [6.45, 7) is 2.69. The highest BCUT2D eigenvalue weighted by Gasteiger charge is 2.26. The summed E-state index contributed by atoms with van der Waals surface area (Å²) in [7, 11) is -3.90. The van der Waals surface area contributed by atoms with Crippen LogP contribution in [0.1, 0.15) is 17.1 Å². The zero-order chi connectivity index (χ0) is 15.8. The van der Waals surface area contributed by atoms with Gasteiger partial charge in [0, 0.05) is 5.56 Å². The van der Waals surface area contributed by atoms with Crippen LogP contribution in [-0.2, 0) is 16.6 Å². The number of halogens is 2. The molecule has 0 saturated heterocycles. The van der Waals surface area contributed by atoms with Gasteiger partial charge < -0.3 is 9.52 Å².